The van der Waals surface area contributed by atoms with E-state index in [-0.39, 0.29) is 43.1 Å². The Morgan fingerprint density at radius 3 is 2.53 bits per heavy atom. The highest BCUT2D eigenvalue weighted by Gasteiger charge is 2.62. The molecule has 0 unspecified atom stereocenters. The molecule has 0 spiro atoms. The highest BCUT2D eigenvalue weighted by atomic mass is 32.2. The smallest absolute Gasteiger partial charge is 0.408 e. The van der Waals surface area contributed by atoms with Crippen molar-refractivity contribution in [3.8, 4) is 17.3 Å². The number of amides is 4. The molecule has 318 valence electrons. The van der Waals surface area contributed by atoms with E-state index in [2.05, 4.69) is 15.4 Å². The molecule has 4 aliphatic rings. The van der Waals surface area contributed by atoms with Crippen molar-refractivity contribution < 1.29 is 45.9 Å². The molecule has 4 heterocycles. The Hall–Kier alpha value is -5.58. The maximum Gasteiger partial charge on any atom is 0.408 e. The highest BCUT2D eigenvalue weighted by Crippen LogP contribution is 2.46. The first-order chi connectivity index (χ1) is 28.5. The summed E-state index contributed by atoms with van der Waals surface area (Å²) in [7, 11) is -3.94. The summed E-state index contributed by atoms with van der Waals surface area (Å²) in [4.78, 5) is 67.1. The number of nitrogens with zero attached hydrogens (tertiary/aromatic N) is 3. The molecule has 4 amide bonds. The Bertz CT molecular complexity index is 2500. The number of furan rings is 1. The summed E-state index contributed by atoms with van der Waals surface area (Å²) >= 11 is 0. The fraction of sp³-hybridized carbons (Fsp3) is 0.488. The van der Waals surface area contributed by atoms with Gasteiger partial charge in [0.15, 0.2) is 5.82 Å². The first kappa shape index (κ1) is 41.2. The van der Waals surface area contributed by atoms with Gasteiger partial charge in [-0.05, 0) is 103 Å². The number of carbonyl (C=O) groups excluding carboxylic acids is 4. The molecule has 5 atom stereocenters. The number of fused-ring (bicyclic) bond motifs is 5. The molecule has 2 aromatic heterocycles. The van der Waals surface area contributed by atoms with Crippen LogP contribution in [0.15, 0.2) is 59.0 Å². The van der Waals surface area contributed by atoms with Gasteiger partial charge in [-0.2, -0.15) is 4.98 Å². The second-order valence-electron chi connectivity index (χ2n) is 17.3. The SMILES string of the molecule is Cc1ccc2oc3c(O[C@H]4C[C@H]5C(=O)N[C@]6(C(=O)NS(=O)(=O)C7CC7)C[C@H]6/C=C\CCCCC[C@@H](NC(=O)OC(C)(C)C)C(=O)N5C4)nc(-c4ccc(F)cc4)nc3c2c1. The summed E-state index contributed by atoms with van der Waals surface area (Å²) in [5.74, 6) is -2.72. The van der Waals surface area contributed by atoms with Crippen molar-refractivity contribution >= 4 is 55.9 Å². The van der Waals surface area contributed by atoms with E-state index in [9.17, 15) is 32.0 Å². The van der Waals surface area contributed by atoms with Crippen LogP contribution >= 0.6 is 0 Å². The summed E-state index contributed by atoms with van der Waals surface area (Å²) in [5, 5.41) is 5.64. The third-order valence-corrected chi connectivity index (χ3v) is 13.2. The van der Waals surface area contributed by atoms with Crippen molar-refractivity contribution in [2.45, 2.75) is 120 Å². The van der Waals surface area contributed by atoms with Crippen molar-refractivity contribution in [3.05, 3.63) is 66.0 Å². The molecule has 1 saturated heterocycles. The Balaban J connectivity index is 1.15. The van der Waals surface area contributed by atoms with Crippen LogP contribution in [0.25, 0.3) is 33.5 Å². The van der Waals surface area contributed by atoms with Crippen molar-refractivity contribution in [1.82, 2.24) is 30.2 Å². The Labute approximate surface area is 346 Å². The number of halogens is 1. The van der Waals surface area contributed by atoms with Crippen LogP contribution in [-0.2, 0) is 29.1 Å². The third kappa shape index (κ3) is 8.67. The van der Waals surface area contributed by atoms with Gasteiger partial charge in [-0.1, -0.05) is 36.6 Å². The van der Waals surface area contributed by atoms with Gasteiger partial charge in [0.25, 0.3) is 11.8 Å². The van der Waals surface area contributed by atoms with Crippen molar-refractivity contribution in [2.75, 3.05) is 6.54 Å². The number of allylic oxidation sites excluding steroid dienone is 1. The minimum Gasteiger partial charge on any atom is -0.470 e. The molecular formula is C43H49FN6O9S. The zero-order chi connectivity index (χ0) is 42.6. The van der Waals surface area contributed by atoms with E-state index in [0.717, 1.165) is 18.4 Å². The van der Waals surface area contributed by atoms with E-state index >= 15 is 0 Å². The lowest BCUT2D eigenvalue weighted by atomic mass is 10.0. The fourth-order valence-corrected chi connectivity index (χ4v) is 9.36. The zero-order valence-electron chi connectivity index (χ0n) is 34.0. The molecule has 8 rings (SSSR count). The summed E-state index contributed by atoms with van der Waals surface area (Å²) in [6.07, 6.45) is 6.10. The molecule has 2 aliphatic carbocycles. The number of aryl methyl sites for hydroxylation is 1. The maximum absolute atomic E-state index is 14.7. The normalized spacial score (nSPS) is 25.6. The molecule has 60 heavy (non-hydrogen) atoms. The minimum absolute atomic E-state index is 0.0331. The van der Waals surface area contributed by atoms with Crippen LogP contribution in [0, 0.1) is 18.7 Å². The van der Waals surface area contributed by atoms with Crippen LogP contribution < -0.4 is 20.1 Å². The van der Waals surface area contributed by atoms with Gasteiger partial charge in [-0.15, -0.1) is 0 Å². The minimum atomic E-state index is -3.94. The van der Waals surface area contributed by atoms with Gasteiger partial charge in [-0.25, -0.2) is 22.6 Å². The number of sulfonamides is 1. The van der Waals surface area contributed by atoms with E-state index in [1.807, 2.05) is 37.3 Å². The topological polar surface area (TPSA) is 199 Å². The van der Waals surface area contributed by atoms with E-state index in [1.165, 1.54) is 17.0 Å². The van der Waals surface area contributed by atoms with Gasteiger partial charge >= 0.3 is 6.09 Å². The summed E-state index contributed by atoms with van der Waals surface area (Å²) in [5.41, 5.74) is 0.258. The average Bonchev–Trinajstić information content (AvgIpc) is 4.08. The number of hydrogen-bond acceptors (Lipinski definition) is 11. The van der Waals surface area contributed by atoms with Gasteiger partial charge in [0, 0.05) is 23.3 Å². The summed E-state index contributed by atoms with van der Waals surface area (Å²) in [6, 6.07) is 9.02. The van der Waals surface area contributed by atoms with Crippen LogP contribution in [0.5, 0.6) is 5.88 Å². The largest absolute Gasteiger partial charge is 0.470 e. The summed E-state index contributed by atoms with van der Waals surface area (Å²) in [6.45, 7) is 6.94. The van der Waals surface area contributed by atoms with Crippen molar-refractivity contribution in [2.24, 2.45) is 5.92 Å². The number of benzene rings is 2. The molecule has 4 aromatic rings. The van der Waals surface area contributed by atoms with E-state index in [1.54, 1.807) is 32.9 Å². The molecule has 2 aliphatic heterocycles. The Kier molecular flexibility index (Phi) is 10.8. The van der Waals surface area contributed by atoms with Crippen LogP contribution in [0.1, 0.15) is 84.1 Å². The first-order valence-corrected chi connectivity index (χ1v) is 22.0. The molecule has 3 fully saturated rings. The maximum atomic E-state index is 14.7. The first-order valence-electron chi connectivity index (χ1n) is 20.5. The van der Waals surface area contributed by atoms with Crippen LogP contribution in [-0.4, -0.2) is 88.2 Å². The number of nitrogens with one attached hydrogen (secondary N) is 3. The van der Waals surface area contributed by atoms with Crippen LogP contribution in [0.4, 0.5) is 9.18 Å². The van der Waals surface area contributed by atoms with Crippen LogP contribution in [0.3, 0.4) is 0 Å². The molecule has 0 radical (unpaired) electrons. The predicted molar refractivity (Wildman–Crippen MR) is 218 cm³/mol. The number of carbonyl (C=O) groups is 4. The molecule has 15 nitrogen and oxygen atoms in total. The average molecular weight is 845 g/mol. The number of hydrogen-bond donors (Lipinski definition) is 3. The number of ether oxygens (including phenoxy) is 2. The lowest BCUT2D eigenvalue weighted by Crippen LogP contribution is -2.58. The van der Waals surface area contributed by atoms with Crippen LogP contribution in [0.2, 0.25) is 0 Å². The van der Waals surface area contributed by atoms with Gasteiger partial charge in [0.2, 0.25) is 27.4 Å². The Morgan fingerprint density at radius 1 is 1.03 bits per heavy atom. The second-order valence-corrected chi connectivity index (χ2v) is 19.3. The number of rotatable bonds is 7. The molecule has 0 bridgehead atoms. The molecule has 2 aromatic carbocycles. The molecule has 17 heteroatoms. The quantitative estimate of drug-likeness (QED) is 0.192. The van der Waals surface area contributed by atoms with Crippen molar-refractivity contribution in [3.63, 3.8) is 0 Å². The van der Waals surface area contributed by atoms with Gasteiger partial charge < -0.3 is 29.4 Å². The molecular weight excluding hydrogens is 796 g/mol. The van der Waals surface area contributed by atoms with Gasteiger partial charge in [0.1, 0.15) is 46.2 Å². The monoisotopic (exact) mass is 844 g/mol. The lowest BCUT2D eigenvalue weighted by molar-refractivity contribution is -0.141. The van der Waals surface area contributed by atoms with E-state index < -0.39 is 80.2 Å². The predicted octanol–water partition coefficient (Wildman–Crippen LogP) is 5.74. The molecule has 3 N–H and O–H groups in total. The Morgan fingerprint density at radius 2 is 1.80 bits per heavy atom. The second kappa shape index (κ2) is 15.8. The number of alkyl carbamates (subject to hydrolysis) is 1. The van der Waals surface area contributed by atoms with Gasteiger partial charge in [0.05, 0.1) is 11.8 Å². The fourth-order valence-electron chi connectivity index (χ4n) is 8.00. The van der Waals surface area contributed by atoms with E-state index in [0.29, 0.717) is 47.7 Å². The van der Waals surface area contributed by atoms with Gasteiger partial charge in [-0.3, -0.25) is 19.1 Å². The molecule has 2 saturated carbocycles. The van der Waals surface area contributed by atoms with Crippen molar-refractivity contribution in [1.29, 1.82) is 0 Å². The van der Waals surface area contributed by atoms with E-state index in [4.69, 9.17) is 23.9 Å². The highest BCUT2D eigenvalue weighted by molar-refractivity contribution is 7.91. The zero-order valence-corrected chi connectivity index (χ0v) is 34.8. The third-order valence-electron chi connectivity index (χ3n) is 11.4. The number of aromatic nitrogens is 2. The summed E-state index contributed by atoms with van der Waals surface area (Å²) < 4.78 is 60.4. The lowest BCUT2D eigenvalue weighted by Gasteiger charge is -2.30. The standard InChI is InChI=1S/C43H49FN6O9S/c1-24-12-19-33-30(20-24)34-35(58-33)38(47-36(46-34)25-13-15-27(44)16-14-25)57-28-21-32-37(51)48-43(40(53)49-60(55,56)29-17-18-29)22-26(43)10-8-6-5-7-9-11-31(39(52)50(32)23-28)45-41(54)59-42(2,3)4/h8,10,12-16,19-20,26,28-29,31-32H,5-7,9,11,17-18,21-23H2,1-4H3,(H,45,54)(H,48,51)(H,49,53)/b10-8-/t26-,28+,31-,32+,43-/m1/s1.